The predicted octanol–water partition coefficient (Wildman–Crippen LogP) is 2.35. The first-order valence-electron chi connectivity index (χ1n) is 6.00. The van der Waals surface area contributed by atoms with Gasteiger partial charge in [0.05, 0.1) is 6.10 Å². The topological polar surface area (TPSA) is 37.3 Å². The summed E-state index contributed by atoms with van der Waals surface area (Å²) in [5.74, 6) is 0.502. The van der Waals surface area contributed by atoms with E-state index in [-0.39, 0.29) is 12.0 Å². The van der Waals surface area contributed by atoms with Gasteiger partial charge in [-0.15, -0.1) is 0 Å². The normalized spacial score (nSPS) is 25.3. The Morgan fingerprint density at radius 3 is 2.38 bits per heavy atom. The number of aliphatic hydroxyl groups is 1. The van der Waals surface area contributed by atoms with E-state index in [9.17, 15) is 9.90 Å². The molecule has 0 radical (unpaired) electrons. The Balaban J connectivity index is 1.89. The number of rotatable bonds is 3. The monoisotopic (exact) mass is 218 g/mol. The van der Waals surface area contributed by atoms with Crippen LogP contribution in [0.5, 0.6) is 0 Å². The van der Waals surface area contributed by atoms with Gasteiger partial charge in [0.15, 0.2) is 0 Å². The molecule has 2 heteroatoms. The highest BCUT2D eigenvalue weighted by atomic mass is 16.3. The summed E-state index contributed by atoms with van der Waals surface area (Å²) in [4.78, 5) is 12.0. The molecular weight excluding hydrogens is 200 g/mol. The third-order valence-electron chi connectivity index (χ3n) is 3.37. The molecule has 86 valence electrons. The maximum absolute atomic E-state index is 12.0. The Labute approximate surface area is 96.3 Å². The van der Waals surface area contributed by atoms with Gasteiger partial charge >= 0.3 is 0 Å². The van der Waals surface area contributed by atoms with E-state index < -0.39 is 0 Å². The molecule has 0 spiro atoms. The van der Waals surface area contributed by atoms with Gasteiger partial charge in [-0.25, -0.2) is 0 Å². The minimum Gasteiger partial charge on any atom is -0.393 e. The van der Waals surface area contributed by atoms with Gasteiger partial charge in [0.1, 0.15) is 5.78 Å². The first kappa shape index (κ1) is 11.3. The SMILES string of the molecule is O=C(Cc1ccccc1)C1CCC(O)CC1. The average Bonchev–Trinajstić information content (AvgIpc) is 2.31. The molecule has 1 fully saturated rings. The zero-order chi connectivity index (χ0) is 11.4. The summed E-state index contributed by atoms with van der Waals surface area (Å²) in [6, 6.07) is 9.89. The van der Waals surface area contributed by atoms with Gasteiger partial charge in [-0.05, 0) is 31.2 Å². The molecule has 1 aromatic carbocycles. The molecule has 0 unspecified atom stereocenters. The second-order valence-corrected chi connectivity index (χ2v) is 4.63. The summed E-state index contributed by atoms with van der Waals surface area (Å²) < 4.78 is 0. The Morgan fingerprint density at radius 2 is 1.75 bits per heavy atom. The lowest BCUT2D eigenvalue weighted by molar-refractivity contribution is -0.123. The van der Waals surface area contributed by atoms with Gasteiger partial charge in [-0.2, -0.15) is 0 Å². The van der Waals surface area contributed by atoms with E-state index in [1.807, 2.05) is 30.3 Å². The second-order valence-electron chi connectivity index (χ2n) is 4.63. The average molecular weight is 218 g/mol. The van der Waals surface area contributed by atoms with Crippen molar-refractivity contribution in [3.63, 3.8) is 0 Å². The molecule has 2 rings (SSSR count). The minimum absolute atomic E-state index is 0.170. The van der Waals surface area contributed by atoms with E-state index in [4.69, 9.17) is 0 Å². The maximum Gasteiger partial charge on any atom is 0.140 e. The van der Waals surface area contributed by atoms with Crippen LogP contribution in [-0.4, -0.2) is 17.0 Å². The zero-order valence-corrected chi connectivity index (χ0v) is 9.43. The Hall–Kier alpha value is -1.15. The number of carbonyl (C=O) groups excluding carboxylic acids is 1. The maximum atomic E-state index is 12.0. The van der Waals surface area contributed by atoms with Crippen LogP contribution in [-0.2, 0) is 11.2 Å². The molecule has 0 atom stereocenters. The highest BCUT2D eigenvalue weighted by Crippen LogP contribution is 2.25. The quantitative estimate of drug-likeness (QED) is 0.845. The number of Topliss-reactive ketones (excluding diaryl/α,β-unsaturated/α-hetero) is 1. The summed E-state index contributed by atoms with van der Waals surface area (Å²) in [6.07, 6.45) is 3.64. The van der Waals surface area contributed by atoms with Crippen molar-refractivity contribution in [2.24, 2.45) is 5.92 Å². The van der Waals surface area contributed by atoms with Crippen LogP contribution in [0.1, 0.15) is 31.2 Å². The third kappa shape index (κ3) is 2.92. The van der Waals surface area contributed by atoms with Crippen LogP contribution in [0.25, 0.3) is 0 Å². The third-order valence-corrected chi connectivity index (χ3v) is 3.37. The highest BCUT2D eigenvalue weighted by molar-refractivity contribution is 5.83. The number of carbonyl (C=O) groups is 1. The van der Waals surface area contributed by atoms with E-state index >= 15 is 0 Å². The van der Waals surface area contributed by atoms with E-state index in [2.05, 4.69) is 0 Å². The van der Waals surface area contributed by atoms with Crippen LogP contribution in [0.2, 0.25) is 0 Å². The molecule has 0 heterocycles. The van der Waals surface area contributed by atoms with Crippen molar-refractivity contribution in [2.45, 2.75) is 38.2 Å². The molecule has 1 aliphatic rings. The number of ketones is 1. The molecule has 0 aliphatic heterocycles. The van der Waals surface area contributed by atoms with Gasteiger partial charge in [0.25, 0.3) is 0 Å². The zero-order valence-electron chi connectivity index (χ0n) is 9.43. The van der Waals surface area contributed by atoms with Gasteiger partial charge in [0, 0.05) is 12.3 Å². The van der Waals surface area contributed by atoms with E-state index in [1.54, 1.807) is 0 Å². The molecule has 2 nitrogen and oxygen atoms in total. The second kappa shape index (κ2) is 5.26. The largest absolute Gasteiger partial charge is 0.393 e. The van der Waals surface area contributed by atoms with Crippen LogP contribution in [0.4, 0.5) is 0 Å². The van der Waals surface area contributed by atoms with Crippen molar-refractivity contribution in [3.8, 4) is 0 Å². The fraction of sp³-hybridized carbons (Fsp3) is 0.500. The molecule has 0 bridgehead atoms. The number of hydrogen-bond donors (Lipinski definition) is 1. The van der Waals surface area contributed by atoms with Crippen molar-refractivity contribution in [3.05, 3.63) is 35.9 Å². The van der Waals surface area contributed by atoms with Crippen molar-refractivity contribution < 1.29 is 9.90 Å². The molecule has 1 aliphatic carbocycles. The molecular formula is C14H18O2. The van der Waals surface area contributed by atoms with Gasteiger partial charge in [-0.1, -0.05) is 30.3 Å². The summed E-state index contributed by atoms with van der Waals surface area (Å²) in [5.41, 5.74) is 1.10. The van der Waals surface area contributed by atoms with Gasteiger partial charge < -0.3 is 5.11 Å². The molecule has 1 N–H and O–H groups in total. The molecule has 0 amide bonds. The lowest BCUT2D eigenvalue weighted by Gasteiger charge is -2.24. The Morgan fingerprint density at radius 1 is 1.12 bits per heavy atom. The molecule has 0 saturated heterocycles. The fourth-order valence-electron chi connectivity index (χ4n) is 2.34. The Kier molecular flexibility index (Phi) is 3.73. The molecule has 1 aromatic rings. The smallest absolute Gasteiger partial charge is 0.140 e. The lowest BCUT2D eigenvalue weighted by atomic mass is 9.83. The standard InChI is InChI=1S/C14H18O2/c15-13-8-6-12(7-9-13)14(16)10-11-4-2-1-3-5-11/h1-5,12-13,15H,6-10H2. The van der Waals surface area contributed by atoms with Crippen molar-refractivity contribution in [1.82, 2.24) is 0 Å². The minimum atomic E-state index is -0.180. The van der Waals surface area contributed by atoms with E-state index in [0.717, 1.165) is 31.2 Å². The molecule has 16 heavy (non-hydrogen) atoms. The van der Waals surface area contributed by atoms with Crippen LogP contribution >= 0.6 is 0 Å². The fourth-order valence-corrected chi connectivity index (χ4v) is 2.34. The Bertz CT molecular complexity index is 337. The van der Waals surface area contributed by atoms with Crippen molar-refractivity contribution in [1.29, 1.82) is 0 Å². The molecule has 1 saturated carbocycles. The van der Waals surface area contributed by atoms with Gasteiger partial charge in [0.2, 0.25) is 0 Å². The van der Waals surface area contributed by atoms with E-state index in [0.29, 0.717) is 12.2 Å². The number of benzene rings is 1. The summed E-state index contributed by atoms with van der Waals surface area (Å²) >= 11 is 0. The summed E-state index contributed by atoms with van der Waals surface area (Å²) in [5, 5.41) is 9.39. The molecule has 0 aromatic heterocycles. The van der Waals surface area contributed by atoms with Crippen LogP contribution in [0.3, 0.4) is 0 Å². The number of aliphatic hydroxyl groups excluding tert-OH is 1. The first-order valence-corrected chi connectivity index (χ1v) is 6.00. The van der Waals surface area contributed by atoms with Crippen LogP contribution < -0.4 is 0 Å². The van der Waals surface area contributed by atoms with Crippen LogP contribution in [0, 0.1) is 5.92 Å². The van der Waals surface area contributed by atoms with Crippen LogP contribution in [0.15, 0.2) is 30.3 Å². The lowest BCUT2D eigenvalue weighted by Crippen LogP contribution is -2.25. The first-order chi connectivity index (χ1) is 7.75. The van der Waals surface area contributed by atoms with Crippen molar-refractivity contribution >= 4 is 5.78 Å². The van der Waals surface area contributed by atoms with Gasteiger partial charge in [-0.3, -0.25) is 4.79 Å². The summed E-state index contributed by atoms with van der Waals surface area (Å²) in [6.45, 7) is 0. The van der Waals surface area contributed by atoms with Crippen molar-refractivity contribution in [2.75, 3.05) is 0 Å². The number of hydrogen-bond acceptors (Lipinski definition) is 2. The summed E-state index contributed by atoms with van der Waals surface area (Å²) in [7, 11) is 0. The highest BCUT2D eigenvalue weighted by Gasteiger charge is 2.24. The van der Waals surface area contributed by atoms with E-state index in [1.165, 1.54) is 0 Å². The predicted molar refractivity (Wildman–Crippen MR) is 63.1 cm³/mol.